The molecule has 16 heavy (non-hydrogen) atoms. The number of rotatable bonds is 3. The van der Waals surface area contributed by atoms with E-state index in [-0.39, 0.29) is 11.1 Å². The summed E-state index contributed by atoms with van der Waals surface area (Å²) >= 11 is 0. The Labute approximate surface area is 92.4 Å². The van der Waals surface area contributed by atoms with Gasteiger partial charge < -0.3 is 5.11 Å². The van der Waals surface area contributed by atoms with Gasteiger partial charge in [-0.15, -0.1) is 0 Å². The highest BCUT2D eigenvalue weighted by molar-refractivity contribution is 5.88. The maximum absolute atomic E-state index is 10.7. The number of nitrogens with zero attached hydrogens (tertiary/aromatic N) is 1. The smallest absolute Gasteiger partial charge is 0.328 e. The van der Waals surface area contributed by atoms with Gasteiger partial charge in [0.25, 0.3) is 0 Å². The summed E-state index contributed by atoms with van der Waals surface area (Å²) in [6.45, 7) is 1.77. The number of aldehydes is 1. The third kappa shape index (κ3) is 2.55. The summed E-state index contributed by atoms with van der Waals surface area (Å²) in [6, 6.07) is 5.14. The van der Waals surface area contributed by atoms with Gasteiger partial charge in [-0.1, -0.05) is 6.07 Å². The van der Waals surface area contributed by atoms with E-state index in [1.54, 1.807) is 19.1 Å². The maximum atomic E-state index is 10.7. The van der Waals surface area contributed by atoms with Gasteiger partial charge >= 0.3 is 5.97 Å². The van der Waals surface area contributed by atoms with Crippen molar-refractivity contribution < 1.29 is 14.7 Å². The molecular formula is C12H9NO3. The molecule has 1 rings (SSSR count). The van der Waals surface area contributed by atoms with E-state index in [9.17, 15) is 9.59 Å². The molecular weight excluding hydrogens is 206 g/mol. The molecule has 0 aromatic heterocycles. The van der Waals surface area contributed by atoms with Crippen LogP contribution in [0.5, 0.6) is 0 Å². The molecule has 0 saturated carbocycles. The van der Waals surface area contributed by atoms with Gasteiger partial charge in [0.2, 0.25) is 0 Å². The van der Waals surface area contributed by atoms with E-state index in [1.165, 1.54) is 6.08 Å². The number of aryl methyl sites for hydroxylation is 1. The van der Waals surface area contributed by atoms with Crippen molar-refractivity contribution in [1.82, 2.24) is 0 Å². The highest BCUT2D eigenvalue weighted by atomic mass is 16.4. The van der Waals surface area contributed by atoms with Gasteiger partial charge in [-0.3, -0.25) is 4.79 Å². The summed E-state index contributed by atoms with van der Waals surface area (Å²) in [5, 5.41) is 17.4. The van der Waals surface area contributed by atoms with Crippen LogP contribution in [0.2, 0.25) is 0 Å². The van der Waals surface area contributed by atoms with Crippen molar-refractivity contribution in [3.8, 4) is 6.07 Å². The molecule has 0 amide bonds. The first-order chi connectivity index (χ1) is 7.58. The van der Waals surface area contributed by atoms with Crippen molar-refractivity contribution in [1.29, 1.82) is 5.26 Å². The molecule has 1 aromatic rings. The van der Waals surface area contributed by atoms with E-state index in [4.69, 9.17) is 10.4 Å². The van der Waals surface area contributed by atoms with Gasteiger partial charge in [-0.25, -0.2) is 4.79 Å². The van der Waals surface area contributed by atoms with E-state index < -0.39 is 5.97 Å². The zero-order chi connectivity index (χ0) is 12.1. The Morgan fingerprint density at radius 1 is 1.44 bits per heavy atom. The van der Waals surface area contributed by atoms with Crippen molar-refractivity contribution in [2.75, 3.05) is 0 Å². The first-order valence-corrected chi connectivity index (χ1v) is 4.49. The second-order valence-electron chi connectivity index (χ2n) is 3.22. The summed E-state index contributed by atoms with van der Waals surface area (Å²) in [6.07, 6.45) is 2.83. The average molecular weight is 215 g/mol. The van der Waals surface area contributed by atoms with Crippen molar-refractivity contribution in [2.45, 2.75) is 6.92 Å². The number of nitriles is 1. The number of carbonyl (C=O) groups is 2. The lowest BCUT2D eigenvalue weighted by atomic mass is 9.99. The predicted molar refractivity (Wildman–Crippen MR) is 58.0 cm³/mol. The number of benzene rings is 1. The first kappa shape index (κ1) is 11.7. The monoisotopic (exact) mass is 215 g/mol. The maximum Gasteiger partial charge on any atom is 0.328 e. The van der Waals surface area contributed by atoms with Crippen LogP contribution in [0.25, 0.3) is 6.08 Å². The van der Waals surface area contributed by atoms with E-state index in [1.807, 2.05) is 6.07 Å². The van der Waals surface area contributed by atoms with Gasteiger partial charge in [-0.2, -0.15) is 5.26 Å². The highest BCUT2D eigenvalue weighted by Gasteiger charge is 2.07. The molecule has 0 unspecified atom stereocenters. The Hall–Kier alpha value is -2.41. The summed E-state index contributed by atoms with van der Waals surface area (Å²) in [4.78, 5) is 21.1. The molecule has 1 N–H and O–H groups in total. The van der Waals surface area contributed by atoms with Crippen LogP contribution in [0.4, 0.5) is 0 Å². The molecule has 0 bridgehead atoms. The minimum Gasteiger partial charge on any atom is -0.478 e. The lowest BCUT2D eigenvalue weighted by Crippen LogP contribution is -1.94. The Balaban J connectivity index is 3.38. The van der Waals surface area contributed by atoms with Crippen LogP contribution in [0, 0.1) is 18.3 Å². The largest absolute Gasteiger partial charge is 0.478 e. The van der Waals surface area contributed by atoms with Gasteiger partial charge in [0.1, 0.15) is 6.07 Å². The number of carboxylic acids is 1. The molecule has 80 valence electrons. The quantitative estimate of drug-likeness (QED) is 0.615. The van der Waals surface area contributed by atoms with Crippen molar-refractivity contribution in [3.05, 3.63) is 40.5 Å². The number of carboxylic acid groups (broad SMARTS) is 1. The lowest BCUT2D eigenvalue weighted by Gasteiger charge is -2.03. The Kier molecular flexibility index (Phi) is 3.57. The Bertz CT molecular complexity index is 510. The Morgan fingerprint density at radius 3 is 2.56 bits per heavy atom. The van der Waals surface area contributed by atoms with Gasteiger partial charge in [0.05, 0.1) is 5.56 Å². The average Bonchev–Trinajstić information content (AvgIpc) is 2.25. The Morgan fingerprint density at radius 2 is 2.06 bits per heavy atom. The molecule has 1 aromatic carbocycles. The molecule has 0 fully saturated rings. The standard InChI is InChI=1S/C12H9NO3/c1-8-4-9(2-3-12(15)16)11(6-13)10(5-8)7-14/h2-5,7H,1H3,(H,15,16)/b3-2+. The molecule has 4 nitrogen and oxygen atoms in total. The highest BCUT2D eigenvalue weighted by Crippen LogP contribution is 2.17. The van der Waals surface area contributed by atoms with Gasteiger partial charge in [-0.05, 0) is 30.2 Å². The fraction of sp³-hybridized carbons (Fsp3) is 0.0833. The number of hydrogen-bond donors (Lipinski definition) is 1. The van der Waals surface area contributed by atoms with Gasteiger partial charge in [0, 0.05) is 11.6 Å². The molecule has 0 aliphatic rings. The molecule has 0 radical (unpaired) electrons. The predicted octanol–water partition coefficient (Wildman–Crippen LogP) is 1.78. The van der Waals surface area contributed by atoms with Crippen molar-refractivity contribution in [2.24, 2.45) is 0 Å². The zero-order valence-corrected chi connectivity index (χ0v) is 8.60. The fourth-order valence-electron chi connectivity index (χ4n) is 1.36. The lowest BCUT2D eigenvalue weighted by molar-refractivity contribution is -0.131. The minimum atomic E-state index is -1.10. The van der Waals surface area contributed by atoms with Crippen molar-refractivity contribution >= 4 is 18.3 Å². The van der Waals surface area contributed by atoms with Crippen molar-refractivity contribution in [3.63, 3.8) is 0 Å². The van der Waals surface area contributed by atoms with E-state index in [2.05, 4.69) is 0 Å². The summed E-state index contributed by atoms with van der Waals surface area (Å²) in [7, 11) is 0. The fourth-order valence-corrected chi connectivity index (χ4v) is 1.36. The molecule has 0 saturated heterocycles. The zero-order valence-electron chi connectivity index (χ0n) is 8.60. The third-order valence-electron chi connectivity index (χ3n) is 1.99. The number of aliphatic carboxylic acids is 1. The summed E-state index contributed by atoms with van der Waals surface area (Å²) < 4.78 is 0. The molecule has 0 heterocycles. The number of hydrogen-bond acceptors (Lipinski definition) is 3. The first-order valence-electron chi connectivity index (χ1n) is 4.49. The van der Waals surface area contributed by atoms with Crippen LogP contribution in [0.15, 0.2) is 18.2 Å². The van der Waals surface area contributed by atoms with E-state index >= 15 is 0 Å². The van der Waals surface area contributed by atoms with Crippen LogP contribution in [0.1, 0.15) is 27.0 Å². The summed E-state index contributed by atoms with van der Waals surface area (Å²) in [5.74, 6) is -1.10. The molecule has 0 atom stereocenters. The molecule has 0 aliphatic carbocycles. The second-order valence-corrected chi connectivity index (χ2v) is 3.22. The van der Waals surface area contributed by atoms with Crippen LogP contribution in [0.3, 0.4) is 0 Å². The topological polar surface area (TPSA) is 78.2 Å². The SMILES string of the molecule is Cc1cc(C=O)c(C#N)c(/C=C/C(=O)O)c1. The minimum absolute atomic E-state index is 0.193. The van der Waals surface area contributed by atoms with Crippen LogP contribution in [-0.4, -0.2) is 17.4 Å². The second kappa shape index (κ2) is 4.89. The normalized spacial score (nSPS) is 10.0. The molecule has 0 aliphatic heterocycles. The van der Waals surface area contributed by atoms with Crippen LogP contribution < -0.4 is 0 Å². The van der Waals surface area contributed by atoms with Crippen LogP contribution in [-0.2, 0) is 4.79 Å². The third-order valence-corrected chi connectivity index (χ3v) is 1.99. The van der Waals surface area contributed by atoms with E-state index in [0.29, 0.717) is 11.8 Å². The van der Waals surface area contributed by atoms with Gasteiger partial charge in [0.15, 0.2) is 6.29 Å². The molecule has 4 heteroatoms. The number of carbonyl (C=O) groups excluding carboxylic acids is 1. The van der Waals surface area contributed by atoms with E-state index in [0.717, 1.165) is 11.6 Å². The summed E-state index contributed by atoms with van der Waals surface area (Å²) in [5.41, 5.74) is 1.70. The molecule has 0 spiro atoms. The van der Waals surface area contributed by atoms with Crippen LogP contribution >= 0.6 is 0 Å².